The molecule has 1 aromatic rings. The third-order valence-electron chi connectivity index (χ3n) is 2.32. The molecule has 15 heavy (non-hydrogen) atoms. The summed E-state index contributed by atoms with van der Waals surface area (Å²) in [5, 5.41) is 6.93. The van der Waals surface area contributed by atoms with Crippen LogP contribution in [0.1, 0.15) is 45.9 Å². The van der Waals surface area contributed by atoms with Gasteiger partial charge in [0.2, 0.25) is 0 Å². The van der Waals surface area contributed by atoms with Gasteiger partial charge in [-0.25, -0.2) is 0 Å². The molecular formula is C11H21N3O. The van der Waals surface area contributed by atoms with Crippen molar-refractivity contribution >= 4 is 6.01 Å². The molecule has 1 rings (SSSR count). The minimum absolute atomic E-state index is 0.392. The summed E-state index contributed by atoms with van der Waals surface area (Å²) in [6.45, 7) is 8.46. The van der Waals surface area contributed by atoms with E-state index in [1.165, 1.54) is 12.8 Å². The monoisotopic (exact) mass is 211 g/mol. The van der Waals surface area contributed by atoms with Crippen LogP contribution in [0.2, 0.25) is 0 Å². The summed E-state index contributed by atoms with van der Waals surface area (Å²) in [5.74, 6) is 1.45. The van der Waals surface area contributed by atoms with Crippen LogP contribution in [-0.2, 0) is 0 Å². The maximum atomic E-state index is 4.99. The smallest absolute Gasteiger partial charge is 0.321 e. The van der Waals surface area contributed by atoms with Crippen LogP contribution in [0.5, 0.6) is 0 Å². The fourth-order valence-electron chi connectivity index (χ4n) is 1.47. The summed E-state index contributed by atoms with van der Waals surface area (Å²) < 4.78 is 4.99. The normalized spacial score (nSPS) is 13.1. The van der Waals surface area contributed by atoms with Crippen LogP contribution in [0.4, 0.5) is 6.01 Å². The van der Waals surface area contributed by atoms with Gasteiger partial charge < -0.3 is 9.84 Å². The fourth-order valence-corrected chi connectivity index (χ4v) is 1.47. The first-order valence-corrected chi connectivity index (χ1v) is 5.64. The second kappa shape index (κ2) is 5.73. The van der Waals surface area contributed by atoms with Gasteiger partial charge in [-0.3, -0.25) is 0 Å². The molecule has 1 aromatic heterocycles. The van der Waals surface area contributed by atoms with E-state index in [4.69, 9.17) is 4.52 Å². The molecule has 1 N–H and O–H groups in total. The first-order valence-electron chi connectivity index (χ1n) is 5.64. The van der Waals surface area contributed by atoms with Gasteiger partial charge in [-0.15, -0.1) is 0 Å². The van der Waals surface area contributed by atoms with Crippen molar-refractivity contribution in [1.29, 1.82) is 0 Å². The lowest BCUT2D eigenvalue weighted by atomic mass is 10.0. The molecule has 0 aliphatic carbocycles. The molecule has 1 atom stereocenters. The topological polar surface area (TPSA) is 51.0 Å². The highest BCUT2D eigenvalue weighted by Gasteiger charge is 2.07. The fraction of sp³-hybridized carbons (Fsp3) is 0.818. The van der Waals surface area contributed by atoms with Crippen molar-refractivity contribution in [2.75, 3.05) is 5.32 Å². The summed E-state index contributed by atoms with van der Waals surface area (Å²) >= 11 is 0. The molecule has 0 fully saturated rings. The highest BCUT2D eigenvalue weighted by Crippen LogP contribution is 2.11. The standard InChI is InChI=1S/C11H21N3O/c1-8(2)6-5-7-9(3)12-11-13-10(4)14-15-11/h8-9H,5-7H2,1-4H3,(H,12,13,14). The molecule has 1 unspecified atom stereocenters. The van der Waals surface area contributed by atoms with Crippen LogP contribution in [0.25, 0.3) is 0 Å². The van der Waals surface area contributed by atoms with Crippen LogP contribution < -0.4 is 5.32 Å². The molecule has 4 heteroatoms. The summed E-state index contributed by atoms with van der Waals surface area (Å²) in [4.78, 5) is 4.10. The Labute approximate surface area is 91.5 Å². The van der Waals surface area contributed by atoms with Crippen molar-refractivity contribution in [3.63, 3.8) is 0 Å². The third kappa shape index (κ3) is 4.81. The number of nitrogens with one attached hydrogen (secondary N) is 1. The lowest BCUT2D eigenvalue weighted by Crippen LogP contribution is -2.15. The van der Waals surface area contributed by atoms with Gasteiger partial charge >= 0.3 is 6.01 Å². The van der Waals surface area contributed by atoms with E-state index in [-0.39, 0.29) is 0 Å². The Morgan fingerprint density at radius 3 is 2.53 bits per heavy atom. The first kappa shape index (κ1) is 12.0. The summed E-state index contributed by atoms with van der Waals surface area (Å²) in [5.41, 5.74) is 0. The van der Waals surface area contributed by atoms with E-state index in [0.29, 0.717) is 17.9 Å². The van der Waals surface area contributed by atoms with Crippen molar-refractivity contribution in [3.05, 3.63) is 5.82 Å². The molecule has 1 heterocycles. The largest absolute Gasteiger partial charge is 0.335 e. The molecule has 0 aliphatic rings. The van der Waals surface area contributed by atoms with Gasteiger partial charge in [0.05, 0.1) is 0 Å². The Bertz CT molecular complexity index is 283. The average molecular weight is 211 g/mol. The van der Waals surface area contributed by atoms with Crippen LogP contribution in [0.3, 0.4) is 0 Å². The number of hydrogen-bond acceptors (Lipinski definition) is 4. The van der Waals surface area contributed by atoms with E-state index in [1.54, 1.807) is 0 Å². The lowest BCUT2D eigenvalue weighted by Gasteiger charge is -2.12. The Morgan fingerprint density at radius 2 is 2.00 bits per heavy atom. The molecule has 0 saturated heterocycles. The number of rotatable bonds is 6. The summed E-state index contributed by atoms with van der Waals surface area (Å²) in [7, 11) is 0. The van der Waals surface area contributed by atoms with Crippen molar-refractivity contribution in [2.24, 2.45) is 5.92 Å². The number of aromatic nitrogens is 2. The highest BCUT2D eigenvalue weighted by molar-refractivity contribution is 5.19. The van der Waals surface area contributed by atoms with E-state index in [9.17, 15) is 0 Å². The van der Waals surface area contributed by atoms with E-state index in [1.807, 2.05) is 6.92 Å². The van der Waals surface area contributed by atoms with E-state index in [0.717, 1.165) is 12.3 Å². The van der Waals surface area contributed by atoms with Gasteiger partial charge in [0.1, 0.15) is 0 Å². The van der Waals surface area contributed by atoms with E-state index in [2.05, 4.69) is 36.2 Å². The quantitative estimate of drug-likeness (QED) is 0.785. The second-order valence-corrected chi connectivity index (χ2v) is 4.52. The number of anilines is 1. The summed E-state index contributed by atoms with van der Waals surface area (Å²) in [6.07, 6.45) is 3.65. The number of nitrogens with zero attached hydrogens (tertiary/aromatic N) is 2. The molecule has 0 aromatic carbocycles. The zero-order valence-electron chi connectivity index (χ0n) is 10.1. The number of hydrogen-bond donors (Lipinski definition) is 1. The van der Waals surface area contributed by atoms with Crippen LogP contribution in [-0.4, -0.2) is 16.2 Å². The van der Waals surface area contributed by atoms with Crippen LogP contribution >= 0.6 is 0 Å². The molecule has 0 saturated carbocycles. The Hall–Kier alpha value is -1.06. The van der Waals surface area contributed by atoms with Crippen molar-refractivity contribution < 1.29 is 4.52 Å². The van der Waals surface area contributed by atoms with Crippen molar-refractivity contribution in [1.82, 2.24) is 10.1 Å². The van der Waals surface area contributed by atoms with E-state index >= 15 is 0 Å². The molecular weight excluding hydrogens is 190 g/mol. The first-order chi connectivity index (χ1) is 7.08. The maximum Gasteiger partial charge on any atom is 0.321 e. The van der Waals surface area contributed by atoms with Gasteiger partial charge in [0.15, 0.2) is 5.82 Å². The number of aryl methyl sites for hydroxylation is 1. The molecule has 0 amide bonds. The van der Waals surface area contributed by atoms with Gasteiger partial charge in [-0.05, 0) is 26.2 Å². The molecule has 0 spiro atoms. The maximum absolute atomic E-state index is 4.99. The second-order valence-electron chi connectivity index (χ2n) is 4.52. The predicted octanol–water partition coefficient (Wildman–Crippen LogP) is 3.00. The van der Waals surface area contributed by atoms with Gasteiger partial charge in [0.25, 0.3) is 0 Å². The predicted molar refractivity (Wildman–Crippen MR) is 60.8 cm³/mol. The average Bonchev–Trinajstić information content (AvgIpc) is 2.50. The van der Waals surface area contributed by atoms with Crippen LogP contribution in [0, 0.1) is 12.8 Å². The van der Waals surface area contributed by atoms with Gasteiger partial charge in [-0.1, -0.05) is 31.8 Å². The third-order valence-corrected chi connectivity index (χ3v) is 2.32. The molecule has 4 nitrogen and oxygen atoms in total. The molecule has 0 radical (unpaired) electrons. The van der Waals surface area contributed by atoms with E-state index < -0.39 is 0 Å². The minimum atomic E-state index is 0.392. The zero-order chi connectivity index (χ0) is 11.3. The molecule has 0 aliphatic heterocycles. The zero-order valence-corrected chi connectivity index (χ0v) is 10.1. The molecule has 86 valence electrons. The SMILES string of the molecule is Cc1noc(NC(C)CCCC(C)C)n1. The van der Waals surface area contributed by atoms with Gasteiger partial charge in [0, 0.05) is 6.04 Å². The highest BCUT2D eigenvalue weighted by atomic mass is 16.5. The van der Waals surface area contributed by atoms with Crippen molar-refractivity contribution in [3.8, 4) is 0 Å². The Morgan fingerprint density at radius 1 is 1.27 bits per heavy atom. The Kier molecular flexibility index (Phi) is 4.59. The van der Waals surface area contributed by atoms with Crippen molar-refractivity contribution in [2.45, 2.75) is 53.0 Å². The lowest BCUT2D eigenvalue weighted by molar-refractivity contribution is 0.419. The minimum Gasteiger partial charge on any atom is -0.335 e. The van der Waals surface area contributed by atoms with Gasteiger partial charge in [-0.2, -0.15) is 4.98 Å². The van der Waals surface area contributed by atoms with Crippen LogP contribution in [0.15, 0.2) is 4.52 Å². The Balaban J connectivity index is 2.21. The molecule has 0 bridgehead atoms. The summed E-state index contributed by atoms with van der Waals surface area (Å²) in [6, 6.07) is 0.924.